The molecule has 3 N–H and O–H groups in total. The largest absolute Gasteiger partial charge is 0.480 e. The minimum absolute atomic E-state index is 0.163. The molecule has 0 aliphatic carbocycles. The zero-order valence-electron chi connectivity index (χ0n) is 17.5. The fourth-order valence-electron chi connectivity index (χ4n) is 3.88. The number of aryl methyl sites for hydroxylation is 1. The summed E-state index contributed by atoms with van der Waals surface area (Å²) >= 11 is 0. The molecule has 0 saturated carbocycles. The number of carboxylic acid groups (broad SMARTS) is 2. The molecular formula is C21H30N2O7. The van der Waals surface area contributed by atoms with Crippen molar-refractivity contribution in [2.24, 2.45) is 5.92 Å². The molecule has 9 heteroatoms. The second-order valence-electron chi connectivity index (χ2n) is 7.48. The molecule has 30 heavy (non-hydrogen) atoms. The number of nitrogens with one attached hydrogen (secondary N) is 1. The van der Waals surface area contributed by atoms with E-state index in [9.17, 15) is 24.6 Å². The van der Waals surface area contributed by atoms with Crippen LogP contribution in [0.5, 0.6) is 0 Å². The lowest BCUT2D eigenvalue weighted by atomic mass is 10.0. The predicted molar refractivity (Wildman–Crippen MR) is 108 cm³/mol. The third kappa shape index (κ3) is 6.01. The summed E-state index contributed by atoms with van der Waals surface area (Å²) in [5.74, 6) is -2.91. The fourth-order valence-corrected chi connectivity index (χ4v) is 3.88. The third-order valence-corrected chi connectivity index (χ3v) is 5.44. The number of nitrogens with zero attached hydrogens (tertiary/aromatic N) is 1. The average Bonchev–Trinajstić information content (AvgIpc) is 3.17. The Morgan fingerprint density at radius 3 is 2.33 bits per heavy atom. The maximum atomic E-state index is 13.0. The highest BCUT2D eigenvalue weighted by Gasteiger charge is 2.44. The van der Waals surface area contributed by atoms with Crippen molar-refractivity contribution in [3.05, 3.63) is 35.9 Å². The normalized spacial score (nSPS) is 20.9. The Morgan fingerprint density at radius 1 is 1.17 bits per heavy atom. The Morgan fingerprint density at radius 2 is 1.80 bits per heavy atom. The smallest absolute Gasteiger partial charge is 0.326 e. The van der Waals surface area contributed by atoms with Crippen molar-refractivity contribution >= 4 is 17.8 Å². The Hall–Kier alpha value is -2.49. The van der Waals surface area contributed by atoms with Gasteiger partial charge in [-0.05, 0) is 31.7 Å². The lowest BCUT2D eigenvalue weighted by Crippen LogP contribution is -2.53. The first-order chi connectivity index (χ1) is 14.3. The van der Waals surface area contributed by atoms with E-state index in [1.54, 1.807) is 6.92 Å². The highest BCUT2D eigenvalue weighted by Crippen LogP contribution is 2.28. The number of carbonyl (C=O) groups excluding carboxylic acids is 1. The summed E-state index contributed by atoms with van der Waals surface area (Å²) in [6.45, 7) is 1.72. The summed E-state index contributed by atoms with van der Waals surface area (Å²) in [6, 6.07) is 6.68. The summed E-state index contributed by atoms with van der Waals surface area (Å²) in [7, 11) is 2.92. The summed E-state index contributed by atoms with van der Waals surface area (Å²) in [5, 5.41) is 21.9. The number of benzene rings is 1. The van der Waals surface area contributed by atoms with E-state index < -0.39 is 42.3 Å². The molecule has 0 bridgehead atoms. The van der Waals surface area contributed by atoms with Crippen LogP contribution in [0.2, 0.25) is 0 Å². The van der Waals surface area contributed by atoms with E-state index in [2.05, 4.69) is 5.32 Å². The fraction of sp³-hybridized carbons (Fsp3) is 0.571. The zero-order chi connectivity index (χ0) is 22.3. The van der Waals surface area contributed by atoms with Crippen molar-refractivity contribution in [2.45, 2.75) is 50.6 Å². The van der Waals surface area contributed by atoms with Crippen LogP contribution in [0.1, 0.15) is 25.3 Å². The van der Waals surface area contributed by atoms with Crippen LogP contribution < -0.4 is 5.32 Å². The van der Waals surface area contributed by atoms with Crippen LogP contribution in [-0.4, -0.2) is 78.1 Å². The Labute approximate surface area is 176 Å². The number of methoxy groups -OCH3 is 2. The lowest BCUT2D eigenvalue weighted by Gasteiger charge is -2.27. The van der Waals surface area contributed by atoms with Crippen LogP contribution in [0.3, 0.4) is 0 Å². The maximum Gasteiger partial charge on any atom is 0.326 e. The van der Waals surface area contributed by atoms with Crippen LogP contribution in [0.15, 0.2) is 30.3 Å². The van der Waals surface area contributed by atoms with E-state index in [0.717, 1.165) is 5.56 Å². The summed E-state index contributed by atoms with van der Waals surface area (Å²) in [6.07, 6.45) is 0.428. The van der Waals surface area contributed by atoms with Crippen LogP contribution in [0, 0.1) is 5.92 Å². The number of aliphatic carboxylic acids is 2. The van der Waals surface area contributed by atoms with Crippen molar-refractivity contribution in [1.82, 2.24) is 10.2 Å². The van der Waals surface area contributed by atoms with Crippen LogP contribution in [0.4, 0.5) is 0 Å². The van der Waals surface area contributed by atoms with E-state index >= 15 is 0 Å². The molecule has 1 amide bonds. The van der Waals surface area contributed by atoms with Crippen molar-refractivity contribution in [3.8, 4) is 0 Å². The minimum Gasteiger partial charge on any atom is -0.480 e. The second-order valence-corrected chi connectivity index (χ2v) is 7.48. The molecule has 1 aliphatic rings. The van der Waals surface area contributed by atoms with Gasteiger partial charge in [0.15, 0.2) is 6.29 Å². The number of likely N-dealkylation sites (tertiary alicyclic amines) is 1. The van der Waals surface area contributed by atoms with E-state index in [1.165, 1.54) is 19.1 Å². The lowest BCUT2D eigenvalue weighted by molar-refractivity contribution is -0.149. The first kappa shape index (κ1) is 23.8. The molecule has 0 spiro atoms. The molecule has 0 aromatic heterocycles. The van der Waals surface area contributed by atoms with E-state index in [4.69, 9.17) is 9.47 Å². The number of hydrogen-bond donors (Lipinski definition) is 3. The molecular weight excluding hydrogens is 392 g/mol. The monoisotopic (exact) mass is 422 g/mol. The van der Waals surface area contributed by atoms with Gasteiger partial charge in [-0.3, -0.25) is 14.9 Å². The predicted octanol–water partition coefficient (Wildman–Crippen LogP) is 0.971. The molecule has 1 aliphatic heterocycles. The van der Waals surface area contributed by atoms with Crippen molar-refractivity contribution < 1.29 is 34.1 Å². The van der Waals surface area contributed by atoms with Gasteiger partial charge < -0.3 is 24.6 Å². The maximum absolute atomic E-state index is 13.0. The van der Waals surface area contributed by atoms with E-state index in [0.29, 0.717) is 12.8 Å². The molecule has 166 valence electrons. The standard InChI is InChI=1S/C21H30N2O7/c1-13(22-16(19(25)26)10-9-14-7-5-4-6-8-14)18(24)23-12-15(21(29-2)30-3)11-17(23)20(27)28/h4-8,13,15-17,21-22H,9-12H2,1-3H3,(H,25,26)(H,27,28)/t13-,15?,16?,17-/m0/s1. The number of carbonyl (C=O) groups is 3. The highest BCUT2D eigenvalue weighted by atomic mass is 16.7. The van der Waals surface area contributed by atoms with Gasteiger partial charge in [0.25, 0.3) is 0 Å². The number of carboxylic acids is 2. The molecule has 0 radical (unpaired) electrons. The summed E-state index contributed by atoms with van der Waals surface area (Å²) in [5.41, 5.74) is 1.00. The molecule has 1 saturated heterocycles. The van der Waals surface area contributed by atoms with Crippen molar-refractivity contribution in [2.75, 3.05) is 20.8 Å². The number of amides is 1. The van der Waals surface area contributed by atoms with Gasteiger partial charge in [-0.2, -0.15) is 0 Å². The highest BCUT2D eigenvalue weighted by molar-refractivity contribution is 5.88. The molecule has 4 atom stereocenters. The van der Waals surface area contributed by atoms with Gasteiger partial charge in [-0.25, -0.2) is 4.79 Å². The van der Waals surface area contributed by atoms with Crippen LogP contribution in [-0.2, 0) is 30.3 Å². The van der Waals surface area contributed by atoms with E-state index in [1.807, 2.05) is 30.3 Å². The molecule has 1 heterocycles. The average molecular weight is 422 g/mol. The van der Waals surface area contributed by atoms with Gasteiger partial charge in [0.2, 0.25) is 5.91 Å². The first-order valence-electron chi connectivity index (χ1n) is 9.90. The van der Waals surface area contributed by atoms with Crippen LogP contribution >= 0.6 is 0 Å². The quantitative estimate of drug-likeness (QED) is 0.451. The molecule has 1 fully saturated rings. The number of ether oxygens (including phenoxy) is 2. The van der Waals surface area contributed by atoms with Crippen molar-refractivity contribution in [3.63, 3.8) is 0 Å². The minimum atomic E-state index is -1.11. The SMILES string of the molecule is COC(OC)C1C[C@@H](C(=O)O)N(C(=O)[C@H](C)NC(CCc2ccccc2)C(=O)O)C1. The van der Waals surface area contributed by atoms with Crippen LogP contribution in [0.25, 0.3) is 0 Å². The number of hydrogen-bond acceptors (Lipinski definition) is 6. The second kappa shape index (κ2) is 11.1. The van der Waals surface area contributed by atoms with Gasteiger partial charge in [0, 0.05) is 26.7 Å². The Kier molecular flexibility index (Phi) is 8.76. The Balaban J connectivity index is 2.03. The van der Waals surface area contributed by atoms with Gasteiger partial charge in [-0.1, -0.05) is 30.3 Å². The number of rotatable bonds is 11. The van der Waals surface area contributed by atoms with Gasteiger partial charge in [0.1, 0.15) is 12.1 Å². The Bertz CT molecular complexity index is 723. The zero-order valence-corrected chi connectivity index (χ0v) is 17.5. The van der Waals surface area contributed by atoms with Gasteiger partial charge in [0.05, 0.1) is 6.04 Å². The summed E-state index contributed by atoms with van der Waals surface area (Å²) < 4.78 is 10.4. The molecule has 2 rings (SSSR count). The molecule has 2 unspecified atom stereocenters. The van der Waals surface area contributed by atoms with Crippen molar-refractivity contribution in [1.29, 1.82) is 0 Å². The molecule has 1 aromatic carbocycles. The topological polar surface area (TPSA) is 125 Å². The summed E-state index contributed by atoms with van der Waals surface area (Å²) in [4.78, 5) is 37.6. The third-order valence-electron chi connectivity index (χ3n) is 5.44. The van der Waals surface area contributed by atoms with E-state index in [-0.39, 0.29) is 18.9 Å². The first-order valence-corrected chi connectivity index (χ1v) is 9.90. The molecule has 1 aromatic rings. The molecule has 9 nitrogen and oxygen atoms in total. The van der Waals surface area contributed by atoms with Gasteiger partial charge in [-0.15, -0.1) is 0 Å². The van der Waals surface area contributed by atoms with Gasteiger partial charge >= 0.3 is 11.9 Å².